The predicted molar refractivity (Wildman–Crippen MR) is 82.4 cm³/mol. The first-order valence-corrected chi connectivity index (χ1v) is 6.96. The summed E-state index contributed by atoms with van der Waals surface area (Å²) < 4.78 is 3.04. The third-order valence-electron chi connectivity index (χ3n) is 2.99. The van der Waals surface area contributed by atoms with E-state index in [1.807, 2.05) is 34.9 Å². The minimum atomic E-state index is 0.500. The molecule has 0 aliphatic carbocycles. The van der Waals surface area contributed by atoms with Gasteiger partial charge in [-0.25, -0.2) is 4.98 Å². The number of hydrogen-bond acceptors (Lipinski definition) is 2. The zero-order chi connectivity index (χ0) is 13.4. The second-order valence-corrected chi connectivity index (χ2v) is 5.67. The Bertz CT molecular complexity index is 734. The van der Waals surface area contributed by atoms with Crippen molar-refractivity contribution in [3.05, 3.63) is 57.5 Å². The van der Waals surface area contributed by atoms with Gasteiger partial charge in [-0.1, -0.05) is 39.7 Å². The molecular weight excluding hydrogens is 326 g/mol. The fourth-order valence-corrected chi connectivity index (χ4v) is 2.49. The number of nitrogens with two attached hydrogens (primary N) is 1. The van der Waals surface area contributed by atoms with Gasteiger partial charge in [-0.15, -0.1) is 0 Å². The highest BCUT2D eigenvalue weighted by Crippen LogP contribution is 2.23. The van der Waals surface area contributed by atoms with Crippen LogP contribution in [0.2, 0.25) is 5.02 Å². The number of rotatable bonds is 2. The maximum atomic E-state index is 5.98. The molecule has 5 heteroatoms. The van der Waals surface area contributed by atoms with Gasteiger partial charge in [0.15, 0.2) is 0 Å². The van der Waals surface area contributed by atoms with Crippen molar-refractivity contribution in [3.63, 3.8) is 0 Å². The first-order chi connectivity index (χ1) is 9.13. The van der Waals surface area contributed by atoms with Crippen LogP contribution < -0.4 is 5.73 Å². The summed E-state index contributed by atoms with van der Waals surface area (Å²) in [5.74, 6) is 0.500. The lowest BCUT2D eigenvalue weighted by molar-refractivity contribution is 0.838. The number of benzene rings is 2. The van der Waals surface area contributed by atoms with Gasteiger partial charge in [-0.3, -0.25) is 0 Å². The molecular formula is C14H11BrClN3. The molecule has 2 aromatic carbocycles. The van der Waals surface area contributed by atoms with Crippen molar-refractivity contribution in [3.8, 4) is 0 Å². The third kappa shape index (κ3) is 2.46. The highest BCUT2D eigenvalue weighted by Gasteiger charge is 2.08. The molecule has 2 N–H and O–H groups in total. The Morgan fingerprint density at radius 1 is 1.16 bits per heavy atom. The summed E-state index contributed by atoms with van der Waals surface area (Å²) in [4.78, 5) is 4.33. The highest BCUT2D eigenvalue weighted by atomic mass is 79.9. The van der Waals surface area contributed by atoms with E-state index >= 15 is 0 Å². The lowest BCUT2D eigenvalue weighted by Crippen LogP contribution is -2.04. The van der Waals surface area contributed by atoms with E-state index in [1.54, 1.807) is 0 Å². The average Bonchev–Trinajstić information content (AvgIpc) is 2.68. The van der Waals surface area contributed by atoms with E-state index in [9.17, 15) is 0 Å². The van der Waals surface area contributed by atoms with Gasteiger partial charge in [0.2, 0.25) is 5.95 Å². The molecule has 0 atom stereocenters. The predicted octanol–water partition coefficient (Wildman–Crippen LogP) is 4.08. The Labute approximate surface area is 124 Å². The first kappa shape index (κ1) is 12.5. The fraction of sp³-hybridized carbons (Fsp3) is 0.0714. The summed E-state index contributed by atoms with van der Waals surface area (Å²) in [6.45, 7) is 0.692. The minimum Gasteiger partial charge on any atom is -0.369 e. The number of halogens is 2. The summed E-state index contributed by atoms with van der Waals surface area (Å²) in [5.41, 5.74) is 8.96. The Hall–Kier alpha value is -1.52. The smallest absolute Gasteiger partial charge is 0.201 e. The lowest BCUT2D eigenvalue weighted by atomic mass is 10.2. The number of hydrogen-bond donors (Lipinski definition) is 1. The summed E-state index contributed by atoms with van der Waals surface area (Å²) in [5, 5.41) is 0.667. The van der Waals surface area contributed by atoms with Gasteiger partial charge in [-0.05, 0) is 35.9 Å². The van der Waals surface area contributed by atoms with E-state index in [4.69, 9.17) is 17.3 Å². The quantitative estimate of drug-likeness (QED) is 0.766. The first-order valence-electron chi connectivity index (χ1n) is 5.79. The van der Waals surface area contributed by atoms with E-state index in [1.165, 1.54) is 5.56 Å². The molecule has 19 heavy (non-hydrogen) atoms. The zero-order valence-electron chi connectivity index (χ0n) is 9.98. The number of aromatic nitrogens is 2. The second-order valence-electron chi connectivity index (χ2n) is 4.32. The minimum absolute atomic E-state index is 0.500. The van der Waals surface area contributed by atoms with E-state index in [0.717, 1.165) is 15.5 Å². The van der Waals surface area contributed by atoms with Gasteiger partial charge < -0.3 is 10.3 Å². The summed E-state index contributed by atoms with van der Waals surface area (Å²) in [6.07, 6.45) is 0. The van der Waals surface area contributed by atoms with Crippen molar-refractivity contribution in [2.24, 2.45) is 0 Å². The van der Waals surface area contributed by atoms with Crippen LogP contribution in [0.1, 0.15) is 5.56 Å². The molecule has 0 saturated heterocycles. The average molecular weight is 337 g/mol. The summed E-state index contributed by atoms with van der Waals surface area (Å²) in [6, 6.07) is 13.8. The summed E-state index contributed by atoms with van der Waals surface area (Å²) in [7, 11) is 0. The fourth-order valence-electron chi connectivity index (χ4n) is 2.06. The van der Waals surface area contributed by atoms with Crippen LogP contribution in [0.25, 0.3) is 11.0 Å². The molecule has 1 aromatic heterocycles. The number of fused-ring (bicyclic) bond motifs is 1. The van der Waals surface area contributed by atoms with Crippen LogP contribution in [0.15, 0.2) is 46.9 Å². The Morgan fingerprint density at radius 2 is 1.89 bits per heavy atom. The Balaban J connectivity index is 2.05. The van der Waals surface area contributed by atoms with E-state index in [-0.39, 0.29) is 0 Å². The molecule has 3 nitrogen and oxygen atoms in total. The lowest BCUT2D eigenvalue weighted by Gasteiger charge is -2.06. The number of nitrogen functional groups attached to an aromatic ring is 1. The molecule has 0 amide bonds. The van der Waals surface area contributed by atoms with E-state index in [2.05, 4.69) is 33.0 Å². The highest BCUT2D eigenvalue weighted by molar-refractivity contribution is 9.10. The molecule has 0 spiro atoms. The molecule has 0 fully saturated rings. The standard InChI is InChI=1S/C14H11BrClN3/c15-10-3-1-9(2-4-10)8-19-13-6-5-11(16)7-12(13)18-14(19)17/h1-7H,8H2,(H2,17,18). The molecule has 0 radical (unpaired) electrons. The van der Waals surface area contributed by atoms with E-state index < -0.39 is 0 Å². The van der Waals surface area contributed by atoms with Crippen LogP contribution in [-0.4, -0.2) is 9.55 Å². The SMILES string of the molecule is Nc1nc2cc(Cl)ccc2n1Cc1ccc(Br)cc1. The van der Waals surface area contributed by atoms with Crippen LogP contribution in [-0.2, 0) is 6.54 Å². The van der Waals surface area contributed by atoms with Crippen LogP contribution >= 0.6 is 27.5 Å². The topological polar surface area (TPSA) is 43.8 Å². The largest absolute Gasteiger partial charge is 0.369 e. The molecule has 3 rings (SSSR count). The monoisotopic (exact) mass is 335 g/mol. The van der Waals surface area contributed by atoms with Crippen molar-refractivity contribution < 1.29 is 0 Å². The summed E-state index contributed by atoms with van der Waals surface area (Å²) >= 11 is 9.39. The van der Waals surface area contributed by atoms with Gasteiger partial charge >= 0.3 is 0 Å². The second kappa shape index (κ2) is 4.87. The molecule has 0 aliphatic heterocycles. The van der Waals surface area contributed by atoms with Crippen LogP contribution in [0, 0.1) is 0 Å². The normalized spacial score (nSPS) is 11.1. The molecule has 1 heterocycles. The Kier molecular flexibility index (Phi) is 3.21. The zero-order valence-corrected chi connectivity index (χ0v) is 12.3. The van der Waals surface area contributed by atoms with Gasteiger partial charge in [0.25, 0.3) is 0 Å². The number of anilines is 1. The van der Waals surface area contributed by atoms with E-state index in [0.29, 0.717) is 17.5 Å². The molecule has 0 unspecified atom stereocenters. The molecule has 0 bridgehead atoms. The van der Waals surface area contributed by atoms with Gasteiger partial charge in [0, 0.05) is 9.50 Å². The number of imidazole rings is 1. The maximum Gasteiger partial charge on any atom is 0.201 e. The molecule has 0 aliphatic rings. The third-order valence-corrected chi connectivity index (χ3v) is 3.76. The van der Waals surface area contributed by atoms with Gasteiger partial charge in [0.05, 0.1) is 17.6 Å². The van der Waals surface area contributed by atoms with Crippen molar-refractivity contribution in [1.82, 2.24) is 9.55 Å². The van der Waals surface area contributed by atoms with Crippen molar-refractivity contribution in [2.45, 2.75) is 6.54 Å². The van der Waals surface area contributed by atoms with Crippen LogP contribution in [0.4, 0.5) is 5.95 Å². The van der Waals surface area contributed by atoms with Gasteiger partial charge in [0.1, 0.15) is 0 Å². The van der Waals surface area contributed by atoms with Crippen molar-refractivity contribution in [2.75, 3.05) is 5.73 Å². The molecule has 96 valence electrons. The van der Waals surface area contributed by atoms with Crippen LogP contribution in [0.3, 0.4) is 0 Å². The van der Waals surface area contributed by atoms with Crippen molar-refractivity contribution >= 4 is 44.5 Å². The molecule has 3 aromatic rings. The maximum absolute atomic E-state index is 5.98. The number of nitrogens with zero attached hydrogens (tertiary/aromatic N) is 2. The Morgan fingerprint density at radius 3 is 2.63 bits per heavy atom. The van der Waals surface area contributed by atoms with Crippen molar-refractivity contribution in [1.29, 1.82) is 0 Å². The van der Waals surface area contributed by atoms with Gasteiger partial charge in [-0.2, -0.15) is 0 Å². The molecule has 0 saturated carbocycles. The van der Waals surface area contributed by atoms with Crippen LogP contribution in [0.5, 0.6) is 0 Å².